The van der Waals surface area contributed by atoms with Gasteiger partial charge in [0.15, 0.2) is 5.75 Å². The summed E-state index contributed by atoms with van der Waals surface area (Å²) in [6.07, 6.45) is 3.31. The van der Waals surface area contributed by atoms with Crippen LogP contribution in [0.3, 0.4) is 0 Å². The quantitative estimate of drug-likeness (QED) is 0.923. The molecule has 0 amide bonds. The molecule has 0 aliphatic carbocycles. The van der Waals surface area contributed by atoms with E-state index in [1.54, 1.807) is 12.4 Å². The van der Waals surface area contributed by atoms with Gasteiger partial charge in [-0.2, -0.15) is 0 Å². The monoisotopic (exact) mass is 293 g/mol. The summed E-state index contributed by atoms with van der Waals surface area (Å²) in [5.41, 5.74) is 8.11. The number of nitrogens with zero attached hydrogens (tertiary/aromatic N) is 2. The summed E-state index contributed by atoms with van der Waals surface area (Å²) < 4.78 is 6.46. The van der Waals surface area contributed by atoms with Gasteiger partial charge in [-0.3, -0.25) is 4.98 Å². The molecule has 0 atom stereocenters. The number of nitrogen functional groups attached to an aromatic ring is 1. The lowest BCUT2D eigenvalue weighted by Crippen LogP contribution is -1.97. The minimum Gasteiger partial charge on any atom is -0.436 e. The molecule has 0 aromatic carbocycles. The van der Waals surface area contributed by atoms with E-state index in [1.165, 1.54) is 0 Å². The van der Waals surface area contributed by atoms with Crippen LogP contribution in [0.2, 0.25) is 0 Å². The summed E-state index contributed by atoms with van der Waals surface area (Å²) in [7, 11) is 0. The first kappa shape index (κ1) is 11.9. The summed E-state index contributed by atoms with van der Waals surface area (Å²) in [6.45, 7) is 3.79. The molecule has 0 unspecified atom stereocenters. The number of rotatable bonds is 2. The van der Waals surface area contributed by atoms with E-state index in [9.17, 15) is 0 Å². The molecule has 4 nitrogen and oxygen atoms in total. The van der Waals surface area contributed by atoms with Gasteiger partial charge in [-0.15, -0.1) is 0 Å². The lowest BCUT2D eigenvalue weighted by atomic mass is 10.2. The Hall–Kier alpha value is -1.62. The van der Waals surface area contributed by atoms with E-state index in [-0.39, 0.29) is 0 Å². The highest BCUT2D eigenvalue weighted by atomic mass is 79.9. The molecule has 0 bridgehead atoms. The van der Waals surface area contributed by atoms with E-state index in [0.29, 0.717) is 17.3 Å². The molecule has 0 saturated carbocycles. The topological polar surface area (TPSA) is 61.0 Å². The maximum atomic E-state index is 5.75. The third-order valence-electron chi connectivity index (χ3n) is 2.44. The highest BCUT2D eigenvalue weighted by molar-refractivity contribution is 9.10. The van der Waals surface area contributed by atoms with Gasteiger partial charge in [0.05, 0.1) is 22.1 Å². The maximum Gasteiger partial charge on any atom is 0.234 e. The lowest BCUT2D eigenvalue weighted by Gasteiger charge is -2.10. The highest BCUT2D eigenvalue weighted by Gasteiger charge is 2.10. The predicted molar refractivity (Wildman–Crippen MR) is 70.1 cm³/mol. The zero-order valence-electron chi connectivity index (χ0n) is 9.57. The van der Waals surface area contributed by atoms with Crippen LogP contribution in [-0.2, 0) is 0 Å². The van der Waals surface area contributed by atoms with Crippen molar-refractivity contribution < 1.29 is 4.74 Å². The summed E-state index contributed by atoms with van der Waals surface area (Å²) in [5.74, 6) is 1.18. The molecule has 2 N–H and O–H groups in total. The van der Waals surface area contributed by atoms with Gasteiger partial charge in [-0.05, 0) is 47.5 Å². The van der Waals surface area contributed by atoms with Crippen molar-refractivity contribution in [1.29, 1.82) is 0 Å². The molecule has 2 rings (SSSR count). The minimum absolute atomic E-state index is 0.493. The largest absolute Gasteiger partial charge is 0.436 e. The van der Waals surface area contributed by atoms with Crippen molar-refractivity contribution in [3.63, 3.8) is 0 Å². The molecule has 2 heterocycles. The molecule has 2 aromatic rings. The van der Waals surface area contributed by atoms with Gasteiger partial charge < -0.3 is 10.5 Å². The smallest absolute Gasteiger partial charge is 0.234 e. The van der Waals surface area contributed by atoms with Gasteiger partial charge in [0.1, 0.15) is 0 Å². The fourth-order valence-electron chi connectivity index (χ4n) is 1.32. The standard InChI is InChI=1S/C12H12BrN3O/c1-7-9(14)6-16-12(11(7)13)17-10-4-3-5-15-8(10)2/h3-6H,14H2,1-2H3. The Morgan fingerprint density at radius 3 is 2.76 bits per heavy atom. The molecule has 2 aromatic heterocycles. The molecule has 0 aliphatic rings. The molecular weight excluding hydrogens is 282 g/mol. The summed E-state index contributed by atoms with van der Waals surface area (Å²) in [6, 6.07) is 3.67. The number of halogens is 1. The van der Waals surface area contributed by atoms with Gasteiger partial charge >= 0.3 is 0 Å². The van der Waals surface area contributed by atoms with Crippen LogP contribution >= 0.6 is 15.9 Å². The Kier molecular flexibility index (Phi) is 3.28. The summed E-state index contributed by atoms with van der Waals surface area (Å²) >= 11 is 3.43. The molecule has 17 heavy (non-hydrogen) atoms. The average Bonchev–Trinajstić information content (AvgIpc) is 2.32. The van der Waals surface area contributed by atoms with Crippen LogP contribution in [0.1, 0.15) is 11.3 Å². The fraction of sp³-hybridized carbons (Fsp3) is 0.167. The molecule has 0 fully saturated rings. The van der Waals surface area contributed by atoms with Crippen molar-refractivity contribution in [2.45, 2.75) is 13.8 Å². The van der Waals surface area contributed by atoms with Gasteiger partial charge in [-0.25, -0.2) is 4.98 Å². The third kappa shape index (κ3) is 2.39. The van der Waals surface area contributed by atoms with E-state index in [2.05, 4.69) is 25.9 Å². The zero-order valence-corrected chi connectivity index (χ0v) is 11.2. The number of ether oxygens (including phenoxy) is 1. The van der Waals surface area contributed by atoms with Crippen LogP contribution in [0.15, 0.2) is 29.0 Å². The average molecular weight is 294 g/mol. The first-order valence-corrected chi connectivity index (χ1v) is 5.89. The number of hydrogen-bond acceptors (Lipinski definition) is 4. The van der Waals surface area contributed by atoms with Crippen LogP contribution in [0.25, 0.3) is 0 Å². The number of aromatic nitrogens is 2. The second-order valence-corrected chi connectivity index (χ2v) is 4.44. The third-order valence-corrected chi connectivity index (χ3v) is 3.37. The lowest BCUT2D eigenvalue weighted by molar-refractivity contribution is 0.453. The van der Waals surface area contributed by atoms with Crippen molar-refractivity contribution in [2.24, 2.45) is 0 Å². The Morgan fingerprint density at radius 2 is 2.06 bits per heavy atom. The van der Waals surface area contributed by atoms with Crippen molar-refractivity contribution >= 4 is 21.6 Å². The van der Waals surface area contributed by atoms with Crippen LogP contribution in [-0.4, -0.2) is 9.97 Å². The zero-order chi connectivity index (χ0) is 12.4. The van der Waals surface area contributed by atoms with Crippen molar-refractivity contribution in [2.75, 3.05) is 5.73 Å². The van der Waals surface area contributed by atoms with Crippen molar-refractivity contribution in [3.8, 4) is 11.6 Å². The van der Waals surface area contributed by atoms with E-state index < -0.39 is 0 Å². The molecule has 0 saturated heterocycles. The van der Waals surface area contributed by atoms with Crippen LogP contribution < -0.4 is 10.5 Å². The second kappa shape index (κ2) is 4.71. The number of hydrogen-bond donors (Lipinski definition) is 1. The second-order valence-electron chi connectivity index (χ2n) is 3.65. The minimum atomic E-state index is 0.493. The summed E-state index contributed by atoms with van der Waals surface area (Å²) in [4.78, 5) is 8.31. The SMILES string of the molecule is Cc1ncccc1Oc1ncc(N)c(C)c1Br. The van der Waals surface area contributed by atoms with Crippen LogP contribution in [0.4, 0.5) is 5.69 Å². The first-order valence-electron chi connectivity index (χ1n) is 5.09. The molecular formula is C12H12BrN3O. The molecule has 0 aliphatic heterocycles. The van der Waals surface area contributed by atoms with E-state index in [0.717, 1.165) is 15.7 Å². The first-order chi connectivity index (χ1) is 8.09. The number of nitrogens with two attached hydrogens (primary N) is 1. The predicted octanol–water partition coefficient (Wildman–Crippen LogP) is 3.23. The fourth-order valence-corrected chi connectivity index (χ4v) is 1.73. The number of anilines is 1. The van der Waals surface area contributed by atoms with E-state index in [1.807, 2.05) is 26.0 Å². The normalized spacial score (nSPS) is 10.3. The van der Waals surface area contributed by atoms with Gasteiger partial charge in [0.25, 0.3) is 0 Å². The Balaban J connectivity index is 2.38. The molecule has 88 valence electrons. The van der Waals surface area contributed by atoms with Crippen LogP contribution in [0, 0.1) is 13.8 Å². The van der Waals surface area contributed by atoms with Crippen molar-refractivity contribution in [1.82, 2.24) is 9.97 Å². The van der Waals surface area contributed by atoms with E-state index >= 15 is 0 Å². The Morgan fingerprint density at radius 1 is 1.29 bits per heavy atom. The van der Waals surface area contributed by atoms with Gasteiger partial charge in [0.2, 0.25) is 5.88 Å². The summed E-state index contributed by atoms with van der Waals surface area (Å²) in [5, 5.41) is 0. The number of aryl methyl sites for hydroxylation is 1. The van der Waals surface area contributed by atoms with E-state index in [4.69, 9.17) is 10.5 Å². The number of pyridine rings is 2. The van der Waals surface area contributed by atoms with Crippen molar-refractivity contribution in [3.05, 3.63) is 40.3 Å². The Labute approximate surface area is 108 Å². The van der Waals surface area contributed by atoms with Gasteiger partial charge in [-0.1, -0.05) is 0 Å². The highest BCUT2D eigenvalue weighted by Crippen LogP contribution is 2.33. The Bertz CT molecular complexity index is 557. The molecule has 0 spiro atoms. The molecule has 5 heteroatoms. The van der Waals surface area contributed by atoms with Gasteiger partial charge in [0, 0.05) is 6.20 Å². The molecule has 0 radical (unpaired) electrons. The van der Waals surface area contributed by atoms with Crippen LogP contribution in [0.5, 0.6) is 11.6 Å². The maximum absolute atomic E-state index is 5.75.